The van der Waals surface area contributed by atoms with Gasteiger partial charge in [-0.3, -0.25) is 9.69 Å². The Balaban J connectivity index is 1.40. The molecule has 1 aliphatic heterocycles. The van der Waals surface area contributed by atoms with Crippen LogP contribution < -0.4 is 4.74 Å². The molecule has 0 N–H and O–H groups in total. The number of carbonyl (C=O) groups is 1. The van der Waals surface area contributed by atoms with E-state index in [0.29, 0.717) is 28.3 Å². The van der Waals surface area contributed by atoms with Gasteiger partial charge >= 0.3 is 0 Å². The second-order valence-electron chi connectivity index (χ2n) is 10.7. The zero-order valence-corrected chi connectivity index (χ0v) is 26.1. The summed E-state index contributed by atoms with van der Waals surface area (Å²) in [5.74, 6) is 1.23. The van der Waals surface area contributed by atoms with Crippen LogP contribution in [0, 0.1) is 12.8 Å². The van der Waals surface area contributed by atoms with Crippen LogP contribution in [0.15, 0.2) is 90.0 Å². The predicted molar refractivity (Wildman–Crippen MR) is 178 cm³/mol. The van der Waals surface area contributed by atoms with Gasteiger partial charge in [0.05, 0.1) is 16.3 Å². The third-order valence-electron chi connectivity index (χ3n) is 7.56. The molecule has 7 heteroatoms. The standard InChI is InChI=1S/C35H37N3O2S2/c1-4-6-10-26(5-2)22-37-34(39)32(42-35(37)41)21-29-23-38(30-11-8-7-9-12-30)36-33(29)28-17-19-31(20-18-28)40-24-27-15-13-25(3)14-16-27/h7-9,11-21,23,26H,4-6,10,22,24H2,1-3H3/b32-21-. The lowest BCUT2D eigenvalue weighted by molar-refractivity contribution is -0.122. The van der Waals surface area contributed by atoms with Crippen LogP contribution in [0.25, 0.3) is 23.0 Å². The van der Waals surface area contributed by atoms with Crippen molar-refractivity contribution < 1.29 is 9.53 Å². The number of amides is 1. The van der Waals surface area contributed by atoms with Crippen molar-refractivity contribution in [1.29, 1.82) is 0 Å². The molecule has 0 spiro atoms. The van der Waals surface area contributed by atoms with E-state index in [-0.39, 0.29) is 5.91 Å². The van der Waals surface area contributed by atoms with Gasteiger partial charge in [0.25, 0.3) is 5.91 Å². The molecule has 1 aromatic heterocycles. The Hall–Kier alpha value is -3.68. The summed E-state index contributed by atoms with van der Waals surface area (Å²) >= 11 is 7.05. The van der Waals surface area contributed by atoms with E-state index >= 15 is 0 Å². The molecule has 0 saturated carbocycles. The highest BCUT2D eigenvalue weighted by molar-refractivity contribution is 8.26. The number of benzene rings is 3. The molecule has 5 nitrogen and oxygen atoms in total. The first-order chi connectivity index (χ1) is 20.4. The van der Waals surface area contributed by atoms with Gasteiger partial charge in [-0.05, 0) is 67.3 Å². The number of aromatic nitrogens is 2. The first kappa shape index (κ1) is 29.8. The maximum Gasteiger partial charge on any atom is 0.266 e. The molecular weight excluding hydrogens is 559 g/mol. The van der Waals surface area contributed by atoms with Gasteiger partial charge in [0.1, 0.15) is 16.7 Å². The zero-order valence-electron chi connectivity index (χ0n) is 24.5. The fraction of sp³-hybridized carbons (Fsp3) is 0.286. The fourth-order valence-corrected chi connectivity index (χ4v) is 6.23. The van der Waals surface area contributed by atoms with Gasteiger partial charge in [-0.25, -0.2) is 4.68 Å². The topological polar surface area (TPSA) is 47.4 Å². The van der Waals surface area contributed by atoms with Crippen LogP contribution >= 0.6 is 24.0 Å². The Labute approximate surface area is 258 Å². The average Bonchev–Trinajstić information content (AvgIpc) is 3.55. The molecule has 1 saturated heterocycles. The molecule has 1 fully saturated rings. The van der Waals surface area contributed by atoms with Crippen molar-refractivity contribution in [2.45, 2.75) is 53.1 Å². The quantitative estimate of drug-likeness (QED) is 0.121. The minimum absolute atomic E-state index is 0.0155. The van der Waals surface area contributed by atoms with E-state index in [1.165, 1.54) is 23.7 Å². The average molecular weight is 596 g/mol. The second-order valence-corrected chi connectivity index (χ2v) is 12.4. The van der Waals surface area contributed by atoms with Crippen LogP contribution in [0.3, 0.4) is 0 Å². The molecular formula is C35H37N3O2S2. The Bertz CT molecular complexity index is 1540. The third kappa shape index (κ3) is 7.20. The van der Waals surface area contributed by atoms with E-state index < -0.39 is 0 Å². The van der Waals surface area contributed by atoms with Crippen LogP contribution in [-0.4, -0.2) is 31.5 Å². The van der Waals surface area contributed by atoms with E-state index in [1.54, 1.807) is 4.90 Å². The van der Waals surface area contributed by atoms with Crippen LogP contribution in [0.1, 0.15) is 56.2 Å². The first-order valence-electron chi connectivity index (χ1n) is 14.6. The highest BCUT2D eigenvalue weighted by Crippen LogP contribution is 2.36. The Kier molecular flexibility index (Phi) is 9.93. The number of aryl methyl sites for hydroxylation is 1. The van der Waals surface area contributed by atoms with Gasteiger partial charge in [0, 0.05) is 23.9 Å². The maximum absolute atomic E-state index is 13.5. The fourth-order valence-electron chi connectivity index (χ4n) is 4.96. The van der Waals surface area contributed by atoms with Gasteiger partial charge in [-0.1, -0.05) is 105 Å². The lowest BCUT2D eigenvalue weighted by atomic mass is 9.99. The largest absolute Gasteiger partial charge is 0.489 e. The van der Waals surface area contributed by atoms with E-state index in [2.05, 4.69) is 45.0 Å². The molecule has 5 rings (SSSR count). The summed E-state index contributed by atoms with van der Waals surface area (Å²) in [5.41, 5.74) is 5.91. The number of carbonyl (C=O) groups excluding carboxylic acids is 1. The van der Waals surface area contributed by atoms with Crippen LogP contribution in [0.4, 0.5) is 0 Å². The first-order valence-corrected chi connectivity index (χ1v) is 15.9. The lowest BCUT2D eigenvalue weighted by Gasteiger charge is -2.21. The highest BCUT2D eigenvalue weighted by atomic mass is 32.2. The number of hydrogen-bond donors (Lipinski definition) is 0. The highest BCUT2D eigenvalue weighted by Gasteiger charge is 2.33. The van der Waals surface area contributed by atoms with Crippen molar-refractivity contribution in [2.75, 3.05) is 6.54 Å². The summed E-state index contributed by atoms with van der Waals surface area (Å²) in [6.07, 6.45) is 8.39. The molecule has 0 radical (unpaired) electrons. The number of rotatable bonds is 12. The second kappa shape index (κ2) is 14.0. The molecule has 42 heavy (non-hydrogen) atoms. The van der Waals surface area contributed by atoms with Gasteiger partial charge in [-0.2, -0.15) is 5.10 Å². The number of ether oxygens (including phenoxy) is 1. The van der Waals surface area contributed by atoms with E-state index in [4.69, 9.17) is 22.1 Å². The summed E-state index contributed by atoms with van der Waals surface area (Å²) in [4.78, 5) is 16.0. The summed E-state index contributed by atoms with van der Waals surface area (Å²) < 4.78 is 8.53. The monoisotopic (exact) mass is 595 g/mol. The molecule has 2 heterocycles. The summed E-state index contributed by atoms with van der Waals surface area (Å²) in [7, 11) is 0. The number of thiocarbonyl (C=S) groups is 1. The Morgan fingerprint density at radius 2 is 1.74 bits per heavy atom. The third-order valence-corrected chi connectivity index (χ3v) is 8.94. The van der Waals surface area contributed by atoms with Crippen LogP contribution in [0.5, 0.6) is 5.75 Å². The molecule has 0 bridgehead atoms. The maximum atomic E-state index is 13.5. The molecule has 0 aliphatic carbocycles. The van der Waals surface area contributed by atoms with Crippen molar-refractivity contribution in [3.63, 3.8) is 0 Å². The normalized spacial score (nSPS) is 15.0. The summed E-state index contributed by atoms with van der Waals surface area (Å²) in [6, 6.07) is 26.3. The van der Waals surface area contributed by atoms with Gasteiger partial charge in [-0.15, -0.1) is 0 Å². The number of hydrogen-bond acceptors (Lipinski definition) is 5. The Morgan fingerprint density at radius 1 is 1.00 bits per heavy atom. The molecule has 1 aliphatic rings. The minimum atomic E-state index is -0.0155. The number of unbranched alkanes of at least 4 members (excludes halogenated alkanes) is 1. The van der Waals surface area contributed by atoms with E-state index in [1.807, 2.05) is 71.6 Å². The molecule has 4 aromatic rings. The number of para-hydroxylation sites is 1. The van der Waals surface area contributed by atoms with Crippen LogP contribution in [0.2, 0.25) is 0 Å². The number of thioether (sulfide) groups is 1. The van der Waals surface area contributed by atoms with Gasteiger partial charge < -0.3 is 4.74 Å². The molecule has 216 valence electrons. The molecule has 1 atom stereocenters. The van der Waals surface area contributed by atoms with Crippen molar-refractivity contribution in [3.8, 4) is 22.7 Å². The van der Waals surface area contributed by atoms with Crippen molar-refractivity contribution in [3.05, 3.63) is 107 Å². The smallest absolute Gasteiger partial charge is 0.266 e. The summed E-state index contributed by atoms with van der Waals surface area (Å²) in [6.45, 7) is 7.66. The van der Waals surface area contributed by atoms with E-state index in [0.717, 1.165) is 53.1 Å². The van der Waals surface area contributed by atoms with Crippen LogP contribution in [-0.2, 0) is 11.4 Å². The molecule has 1 amide bonds. The van der Waals surface area contributed by atoms with E-state index in [9.17, 15) is 4.79 Å². The summed E-state index contributed by atoms with van der Waals surface area (Å²) in [5, 5.41) is 4.95. The minimum Gasteiger partial charge on any atom is -0.489 e. The van der Waals surface area contributed by atoms with Crippen molar-refractivity contribution >= 4 is 40.3 Å². The molecule has 1 unspecified atom stereocenters. The predicted octanol–water partition coefficient (Wildman–Crippen LogP) is 8.84. The van der Waals surface area contributed by atoms with Crippen molar-refractivity contribution in [2.24, 2.45) is 5.92 Å². The lowest BCUT2D eigenvalue weighted by Crippen LogP contribution is -2.33. The molecule has 3 aromatic carbocycles. The SMILES string of the molecule is CCCCC(CC)CN1C(=O)/C(=C/c2cn(-c3ccccc3)nc2-c2ccc(OCc3ccc(C)cc3)cc2)SC1=S. The van der Waals surface area contributed by atoms with Gasteiger partial charge in [0.2, 0.25) is 0 Å². The number of nitrogens with zero attached hydrogens (tertiary/aromatic N) is 3. The van der Waals surface area contributed by atoms with Gasteiger partial charge in [0.15, 0.2) is 0 Å². The Morgan fingerprint density at radius 3 is 2.43 bits per heavy atom. The zero-order chi connectivity index (χ0) is 29.5. The van der Waals surface area contributed by atoms with Crippen molar-refractivity contribution in [1.82, 2.24) is 14.7 Å².